The molecular weight excluding hydrogens is 258 g/mol. The Kier molecular flexibility index (Phi) is 5.58. The van der Waals surface area contributed by atoms with Gasteiger partial charge in [-0.15, -0.1) is 0 Å². The fourth-order valence-corrected chi connectivity index (χ4v) is 2.29. The zero-order valence-electron chi connectivity index (χ0n) is 12.1. The lowest BCUT2D eigenvalue weighted by molar-refractivity contribution is -0.123. The number of ether oxygens (including phenoxy) is 1. The maximum absolute atomic E-state index is 11.9. The molecule has 6 nitrogen and oxygen atoms in total. The van der Waals surface area contributed by atoms with E-state index in [2.05, 4.69) is 10.6 Å². The normalized spacial score (nSPS) is 20.9. The lowest BCUT2D eigenvalue weighted by Gasteiger charge is -2.27. The molecule has 1 aromatic heterocycles. The van der Waals surface area contributed by atoms with Crippen molar-refractivity contribution in [3.63, 3.8) is 0 Å². The Morgan fingerprint density at radius 1 is 1.65 bits per heavy atom. The van der Waals surface area contributed by atoms with Crippen molar-refractivity contribution in [1.29, 1.82) is 0 Å². The SMILES string of the molecule is CC(NC(=O)CN(C)CC1CNCCO1)c1ccco1. The van der Waals surface area contributed by atoms with Gasteiger partial charge in [0.05, 0.1) is 31.6 Å². The topological polar surface area (TPSA) is 66.7 Å². The molecule has 2 atom stereocenters. The number of carbonyl (C=O) groups is 1. The number of nitrogens with one attached hydrogen (secondary N) is 2. The highest BCUT2D eigenvalue weighted by Gasteiger charge is 2.18. The van der Waals surface area contributed by atoms with Crippen molar-refractivity contribution < 1.29 is 13.9 Å². The van der Waals surface area contributed by atoms with Crippen LogP contribution in [0.25, 0.3) is 0 Å². The molecular formula is C14H23N3O3. The van der Waals surface area contributed by atoms with Crippen molar-refractivity contribution in [2.45, 2.75) is 19.1 Å². The summed E-state index contributed by atoms with van der Waals surface area (Å²) in [5, 5.41) is 6.20. The van der Waals surface area contributed by atoms with Gasteiger partial charge in [0.1, 0.15) is 5.76 Å². The van der Waals surface area contributed by atoms with Crippen molar-refractivity contribution in [1.82, 2.24) is 15.5 Å². The molecule has 0 bridgehead atoms. The zero-order chi connectivity index (χ0) is 14.4. The minimum Gasteiger partial charge on any atom is -0.467 e. The van der Waals surface area contributed by atoms with Gasteiger partial charge in [-0.05, 0) is 26.1 Å². The molecule has 0 aromatic carbocycles. The maximum Gasteiger partial charge on any atom is 0.234 e. The Morgan fingerprint density at radius 3 is 3.15 bits per heavy atom. The van der Waals surface area contributed by atoms with Crippen molar-refractivity contribution in [3.05, 3.63) is 24.2 Å². The van der Waals surface area contributed by atoms with Crippen molar-refractivity contribution in [2.75, 3.05) is 39.8 Å². The first-order valence-corrected chi connectivity index (χ1v) is 6.99. The third-order valence-electron chi connectivity index (χ3n) is 3.28. The standard InChI is InChI=1S/C14H23N3O3/c1-11(13-4-3-6-20-13)16-14(18)10-17(2)9-12-8-15-5-7-19-12/h3-4,6,11-12,15H,5,7-10H2,1-2H3,(H,16,18). The number of nitrogens with zero attached hydrogens (tertiary/aromatic N) is 1. The highest BCUT2D eigenvalue weighted by Crippen LogP contribution is 2.11. The summed E-state index contributed by atoms with van der Waals surface area (Å²) in [5.74, 6) is 0.751. The average Bonchev–Trinajstić information content (AvgIpc) is 2.93. The fraction of sp³-hybridized carbons (Fsp3) is 0.643. The van der Waals surface area contributed by atoms with Crippen LogP contribution in [0.1, 0.15) is 18.7 Å². The molecule has 2 rings (SSSR count). The first-order chi connectivity index (χ1) is 9.65. The lowest BCUT2D eigenvalue weighted by Crippen LogP contribution is -2.46. The predicted molar refractivity (Wildman–Crippen MR) is 75.4 cm³/mol. The van der Waals surface area contributed by atoms with E-state index in [1.165, 1.54) is 0 Å². The number of hydrogen-bond acceptors (Lipinski definition) is 5. The Balaban J connectivity index is 1.70. The summed E-state index contributed by atoms with van der Waals surface area (Å²) >= 11 is 0. The Morgan fingerprint density at radius 2 is 2.50 bits per heavy atom. The number of rotatable bonds is 6. The van der Waals surface area contributed by atoms with Gasteiger partial charge in [-0.2, -0.15) is 0 Å². The van der Waals surface area contributed by atoms with Gasteiger partial charge < -0.3 is 19.8 Å². The summed E-state index contributed by atoms with van der Waals surface area (Å²) in [7, 11) is 1.93. The molecule has 20 heavy (non-hydrogen) atoms. The highest BCUT2D eigenvalue weighted by molar-refractivity contribution is 5.78. The molecule has 0 radical (unpaired) electrons. The molecule has 1 aromatic rings. The first kappa shape index (κ1) is 15.0. The molecule has 0 spiro atoms. The predicted octanol–water partition coefficient (Wildman–Crippen LogP) is 0.377. The molecule has 2 unspecified atom stereocenters. The van der Waals surface area contributed by atoms with E-state index >= 15 is 0 Å². The Hall–Kier alpha value is -1.37. The summed E-state index contributed by atoms with van der Waals surface area (Å²) in [5.41, 5.74) is 0. The van der Waals surface area contributed by atoms with Crippen LogP contribution in [0, 0.1) is 0 Å². The van der Waals surface area contributed by atoms with Crippen LogP contribution in [0.15, 0.2) is 22.8 Å². The number of amides is 1. The first-order valence-electron chi connectivity index (χ1n) is 6.99. The van der Waals surface area contributed by atoms with Crippen LogP contribution in [-0.2, 0) is 9.53 Å². The van der Waals surface area contributed by atoms with Gasteiger partial charge in [0.25, 0.3) is 0 Å². The molecule has 1 saturated heterocycles. The van der Waals surface area contributed by atoms with E-state index in [0.717, 1.165) is 32.0 Å². The average molecular weight is 281 g/mol. The number of morpholine rings is 1. The second-order valence-electron chi connectivity index (χ2n) is 5.20. The van der Waals surface area contributed by atoms with Gasteiger partial charge in [0, 0.05) is 19.6 Å². The van der Waals surface area contributed by atoms with E-state index in [-0.39, 0.29) is 18.1 Å². The summed E-state index contributed by atoms with van der Waals surface area (Å²) in [6.45, 7) is 5.49. The van der Waals surface area contributed by atoms with E-state index in [1.54, 1.807) is 6.26 Å². The third-order valence-corrected chi connectivity index (χ3v) is 3.28. The number of furan rings is 1. The van der Waals surface area contributed by atoms with Gasteiger partial charge >= 0.3 is 0 Å². The van der Waals surface area contributed by atoms with Crippen molar-refractivity contribution in [2.24, 2.45) is 0 Å². The number of likely N-dealkylation sites (N-methyl/N-ethyl adjacent to an activating group) is 1. The largest absolute Gasteiger partial charge is 0.467 e. The summed E-state index contributed by atoms with van der Waals surface area (Å²) in [4.78, 5) is 13.9. The highest BCUT2D eigenvalue weighted by atomic mass is 16.5. The Bertz CT molecular complexity index is 402. The molecule has 0 aliphatic carbocycles. The quantitative estimate of drug-likeness (QED) is 0.789. The van der Waals surface area contributed by atoms with Gasteiger partial charge in [0.15, 0.2) is 0 Å². The van der Waals surface area contributed by atoms with Gasteiger partial charge in [-0.1, -0.05) is 0 Å². The van der Waals surface area contributed by atoms with E-state index < -0.39 is 0 Å². The summed E-state index contributed by atoms with van der Waals surface area (Å²) < 4.78 is 10.9. The van der Waals surface area contributed by atoms with E-state index in [4.69, 9.17) is 9.15 Å². The van der Waals surface area contributed by atoms with Crippen LogP contribution >= 0.6 is 0 Å². The second kappa shape index (κ2) is 7.42. The zero-order valence-corrected chi connectivity index (χ0v) is 12.1. The molecule has 6 heteroatoms. The number of carbonyl (C=O) groups excluding carboxylic acids is 1. The van der Waals surface area contributed by atoms with Crippen LogP contribution in [-0.4, -0.2) is 56.7 Å². The van der Waals surface area contributed by atoms with Crippen LogP contribution in [0.3, 0.4) is 0 Å². The van der Waals surface area contributed by atoms with E-state index in [0.29, 0.717) is 6.54 Å². The molecule has 1 fully saturated rings. The maximum atomic E-state index is 11.9. The molecule has 2 heterocycles. The Labute approximate surface area is 119 Å². The summed E-state index contributed by atoms with van der Waals surface area (Å²) in [6.07, 6.45) is 1.77. The molecule has 112 valence electrons. The van der Waals surface area contributed by atoms with Crippen LogP contribution < -0.4 is 10.6 Å². The number of hydrogen-bond donors (Lipinski definition) is 2. The van der Waals surface area contributed by atoms with Crippen molar-refractivity contribution >= 4 is 5.91 Å². The summed E-state index contributed by atoms with van der Waals surface area (Å²) in [6, 6.07) is 3.56. The molecule has 1 aliphatic rings. The van der Waals surface area contributed by atoms with Crippen LogP contribution in [0.4, 0.5) is 0 Å². The molecule has 0 saturated carbocycles. The smallest absolute Gasteiger partial charge is 0.234 e. The minimum atomic E-state index is -0.113. The van der Waals surface area contributed by atoms with Crippen molar-refractivity contribution in [3.8, 4) is 0 Å². The molecule has 2 N–H and O–H groups in total. The van der Waals surface area contributed by atoms with Gasteiger partial charge in [-0.3, -0.25) is 9.69 Å². The van der Waals surface area contributed by atoms with Crippen LogP contribution in [0.2, 0.25) is 0 Å². The fourth-order valence-electron chi connectivity index (χ4n) is 2.29. The van der Waals surface area contributed by atoms with Crippen LogP contribution in [0.5, 0.6) is 0 Å². The molecule has 1 amide bonds. The second-order valence-corrected chi connectivity index (χ2v) is 5.20. The molecule has 1 aliphatic heterocycles. The van der Waals surface area contributed by atoms with Gasteiger partial charge in [0.2, 0.25) is 5.91 Å². The van der Waals surface area contributed by atoms with Gasteiger partial charge in [-0.25, -0.2) is 0 Å². The lowest BCUT2D eigenvalue weighted by atomic mass is 10.2. The van der Waals surface area contributed by atoms with E-state index in [1.807, 2.05) is 31.0 Å². The van der Waals surface area contributed by atoms with E-state index in [9.17, 15) is 4.79 Å². The minimum absolute atomic E-state index is 0.0137. The third kappa shape index (κ3) is 4.63. The monoisotopic (exact) mass is 281 g/mol.